The molecule has 9 atom stereocenters. The average molecular weight is 397 g/mol. The highest BCUT2D eigenvalue weighted by molar-refractivity contribution is 9.25. The molecule has 0 unspecified atom stereocenters. The van der Waals surface area contributed by atoms with Crippen LogP contribution in [0.3, 0.4) is 0 Å². The first kappa shape index (κ1) is 9.38. The van der Waals surface area contributed by atoms with Crippen LogP contribution in [0, 0.1) is 46.8 Å². The summed E-state index contributed by atoms with van der Waals surface area (Å²) in [6.45, 7) is 2.56. The zero-order valence-electron chi connectivity index (χ0n) is 8.46. The highest BCUT2D eigenvalue weighted by atomic mass is 79.9. The van der Waals surface area contributed by atoms with Gasteiger partial charge >= 0.3 is 0 Å². The summed E-state index contributed by atoms with van der Waals surface area (Å²) in [6.07, 6.45) is 1.54. The summed E-state index contributed by atoms with van der Waals surface area (Å²) in [5.74, 6) is 6.98. The second kappa shape index (κ2) is 2.18. The van der Waals surface area contributed by atoms with E-state index in [-0.39, 0.29) is 0 Å². The van der Waals surface area contributed by atoms with Gasteiger partial charge in [0.1, 0.15) is 0 Å². The topological polar surface area (TPSA) is 0 Å². The summed E-state index contributed by atoms with van der Waals surface area (Å²) >= 11 is 12.2. The second-order valence-corrected chi connectivity index (χ2v) is 11.4. The molecule has 0 spiro atoms. The van der Waals surface area contributed by atoms with Crippen LogP contribution in [0.4, 0.5) is 0 Å². The molecule has 0 amide bonds. The van der Waals surface area contributed by atoms with Crippen LogP contribution >= 0.6 is 47.8 Å². The van der Waals surface area contributed by atoms with E-state index in [1.54, 1.807) is 0 Å². The maximum atomic E-state index is 4.05. The Bertz CT molecular complexity index is 390. The van der Waals surface area contributed by atoms with Gasteiger partial charge in [0.25, 0.3) is 0 Å². The molecule has 6 rings (SSSR count). The Morgan fingerprint density at radius 3 is 2.40 bits per heavy atom. The van der Waals surface area contributed by atoms with E-state index >= 15 is 0 Å². The first-order chi connectivity index (χ1) is 7.00. The fraction of sp³-hybridized carbons (Fsp3) is 1.00. The molecule has 0 N–H and O–H groups in total. The molecule has 0 aromatic heterocycles. The van der Waals surface area contributed by atoms with Crippen molar-refractivity contribution in [3.63, 3.8) is 0 Å². The van der Waals surface area contributed by atoms with Crippen LogP contribution < -0.4 is 0 Å². The van der Waals surface area contributed by atoms with Crippen molar-refractivity contribution in [2.45, 2.75) is 21.4 Å². The summed E-state index contributed by atoms with van der Waals surface area (Å²) in [5, 5.41) is 0. The minimum atomic E-state index is 0.292. The van der Waals surface area contributed by atoms with E-state index in [2.05, 4.69) is 54.7 Å². The van der Waals surface area contributed by atoms with E-state index < -0.39 is 0 Å². The van der Waals surface area contributed by atoms with Gasteiger partial charge in [0.15, 0.2) is 0 Å². The number of halogens is 3. The first-order valence-corrected chi connectivity index (χ1v) is 8.52. The van der Waals surface area contributed by atoms with Crippen LogP contribution in [0.5, 0.6) is 0 Å². The van der Waals surface area contributed by atoms with E-state index in [1.807, 2.05) is 0 Å². The maximum absolute atomic E-state index is 4.05. The zero-order valence-corrected chi connectivity index (χ0v) is 13.2. The maximum Gasteiger partial charge on any atom is 0.0875 e. The highest BCUT2D eigenvalue weighted by Crippen LogP contribution is 2.92. The van der Waals surface area contributed by atoms with Gasteiger partial charge in [-0.15, -0.1) is 0 Å². The highest BCUT2D eigenvalue weighted by Gasteiger charge is 2.90. The van der Waals surface area contributed by atoms with Crippen LogP contribution in [0.15, 0.2) is 0 Å². The Morgan fingerprint density at radius 2 is 1.73 bits per heavy atom. The minimum absolute atomic E-state index is 0.292. The second-order valence-electron chi connectivity index (χ2n) is 6.69. The normalized spacial score (nSPS) is 79.2. The number of hydrogen-bond acceptors (Lipinski definition) is 0. The summed E-state index contributed by atoms with van der Waals surface area (Å²) in [7, 11) is 0. The summed E-state index contributed by atoms with van der Waals surface area (Å²) in [4.78, 5) is 0.807. The van der Waals surface area contributed by atoms with Crippen LogP contribution in [-0.2, 0) is 0 Å². The Hall–Kier alpha value is 1.44. The molecule has 0 saturated heterocycles. The van der Waals surface area contributed by atoms with E-state index in [1.165, 1.54) is 6.42 Å². The predicted octanol–water partition coefficient (Wildman–Crippen LogP) is 4.01. The average Bonchev–Trinajstić information content (AvgIpc) is 2.81. The Kier molecular flexibility index (Phi) is 1.36. The molecule has 6 aliphatic carbocycles. The third-order valence-electron chi connectivity index (χ3n) is 6.85. The van der Waals surface area contributed by atoms with Crippen LogP contribution in [0.2, 0.25) is 0 Å². The lowest BCUT2D eigenvalue weighted by atomic mass is 9.64. The van der Waals surface area contributed by atoms with Gasteiger partial charge in [-0.1, -0.05) is 54.7 Å². The minimum Gasteiger partial charge on any atom is -0.0881 e. The van der Waals surface area contributed by atoms with Crippen molar-refractivity contribution in [2.75, 3.05) is 0 Å². The number of hydrogen-bond donors (Lipinski definition) is 0. The molecule has 6 bridgehead atoms. The lowest BCUT2D eigenvalue weighted by Crippen LogP contribution is -2.37. The third-order valence-corrected chi connectivity index (χ3v) is 10.5. The van der Waals surface area contributed by atoms with Gasteiger partial charge in [0, 0.05) is 4.83 Å². The van der Waals surface area contributed by atoms with Gasteiger partial charge in [-0.3, -0.25) is 0 Å². The molecule has 82 valence electrons. The van der Waals surface area contributed by atoms with Crippen molar-refractivity contribution in [3.8, 4) is 0 Å². The summed E-state index contributed by atoms with van der Waals surface area (Å²) in [6, 6.07) is 0. The van der Waals surface area contributed by atoms with Crippen molar-refractivity contribution in [3.05, 3.63) is 0 Å². The fourth-order valence-electron chi connectivity index (χ4n) is 7.03. The molecule has 0 nitrogen and oxygen atoms in total. The SMILES string of the molecule is C[C@@]12[C@@H]3[C@@H]4C[C@H]5[C@@H]([C@@H]4[C@@H]1Br)[C@H]2C(Br)(Br)[C@@H]53. The third kappa shape index (κ3) is 0.613. The fourth-order valence-corrected chi connectivity index (χ4v) is 11.2. The predicted molar refractivity (Wildman–Crippen MR) is 70.5 cm³/mol. The largest absolute Gasteiger partial charge is 0.0881 e. The van der Waals surface area contributed by atoms with Gasteiger partial charge in [-0.05, 0) is 53.3 Å². The smallest absolute Gasteiger partial charge is 0.0875 e. The van der Waals surface area contributed by atoms with E-state index in [4.69, 9.17) is 0 Å². The monoisotopic (exact) mass is 394 g/mol. The van der Waals surface area contributed by atoms with E-state index in [0.29, 0.717) is 8.65 Å². The van der Waals surface area contributed by atoms with Gasteiger partial charge in [-0.2, -0.15) is 0 Å². The molecule has 0 aliphatic heterocycles. The van der Waals surface area contributed by atoms with Gasteiger partial charge in [0.2, 0.25) is 0 Å². The van der Waals surface area contributed by atoms with Crippen LogP contribution in [-0.4, -0.2) is 8.06 Å². The Morgan fingerprint density at radius 1 is 1.07 bits per heavy atom. The van der Waals surface area contributed by atoms with Crippen LogP contribution in [0.25, 0.3) is 0 Å². The van der Waals surface area contributed by atoms with Crippen molar-refractivity contribution in [1.82, 2.24) is 0 Å². The molecule has 0 heterocycles. The molecule has 15 heavy (non-hydrogen) atoms. The Balaban J connectivity index is 1.88. The first-order valence-electron chi connectivity index (χ1n) is 6.02. The van der Waals surface area contributed by atoms with E-state index in [9.17, 15) is 0 Å². The molecular weight excluding hydrogens is 384 g/mol. The molecule has 0 radical (unpaired) electrons. The van der Waals surface area contributed by atoms with Gasteiger partial charge < -0.3 is 0 Å². The molecule has 6 saturated carbocycles. The van der Waals surface area contributed by atoms with Gasteiger partial charge in [-0.25, -0.2) is 0 Å². The molecule has 0 aromatic rings. The standard InChI is InChI=1S/C12H13Br3/c1-11-7-4-2-3-5(6(4)10(11)13)9(11)12(14,15)8(3)7/h3-10H,2H2,1H3/t3-,4+,5-,6+,7+,8-,9+,10-,11-/m0/s1. The van der Waals surface area contributed by atoms with Gasteiger partial charge in [0.05, 0.1) is 3.23 Å². The van der Waals surface area contributed by atoms with Crippen molar-refractivity contribution in [1.29, 1.82) is 0 Å². The summed E-state index contributed by atoms with van der Waals surface area (Å²) < 4.78 is 0.292. The van der Waals surface area contributed by atoms with Crippen molar-refractivity contribution in [2.24, 2.45) is 46.8 Å². The van der Waals surface area contributed by atoms with Crippen molar-refractivity contribution >= 4 is 47.8 Å². The molecule has 6 fully saturated rings. The quantitative estimate of drug-likeness (QED) is 0.543. The Labute approximate surface area is 115 Å². The molecule has 0 aromatic carbocycles. The lowest BCUT2D eigenvalue weighted by molar-refractivity contribution is 0.0700. The molecule has 3 heteroatoms. The van der Waals surface area contributed by atoms with Crippen LogP contribution in [0.1, 0.15) is 13.3 Å². The van der Waals surface area contributed by atoms with Crippen molar-refractivity contribution < 1.29 is 0 Å². The van der Waals surface area contributed by atoms with E-state index in [0.717, 1.165) is 46.3 Å². The molecule has 6 aliphatic rings. The number of alkyl halides is 3. The number of rotatable bonds is 0. The summed E-state index contributed by atoms with van der Waals surface area (Å²) in [5.41, 5.74) is 0.588. The lowest BCUT2D eigenvalue weighted by Gasteiger charge is -2.40. The molecular formula is C12H13Br3. The zero-order chi connectivity index (χ0) is 10.3.